The van der Waals surface area contributed by atoms with Crippen LogP contribution in [0, 0.1) is 5.92 Å². The topological polar surface area (TPSA) is 71.2 Å². The number of hydrogen-bond acceptors (Lipinski definition) is 4. The number of allylic oxidation sites excluding steroid dienone is 1. The predicted molar refractivity (Wildman–Crippen MR) is 130 cm³/mol. The van der Waals surface area contributed by atoms with E-state index in [-0.39, 0.29) is 0 Å². The zero-order valence-electron chi connectivity index (χ0n) is 18.4. The highest BCUT2D eigenvalue weighted by molar-refractivity contribution is 6.04. The fourth-order valence-corrected chi connectivity index (χ4v) is 4.77. The third-order valence-corrected chi connectivity index (χ3v) is 6.68. The van der Waals surface area contributed by atoms with E-state index in [1.165, 1.54) is 12.8 Å². The Morgan fingerprint density at radius 2 is 1.94 bits per heavy atom. The van der Waals surface area contributed by atoms with Crippen molar-refractivity contribution < 1.29 is 9.90 Å². The molecule has 0 unspecified atom stereocenters. The third kappa shape index (κ3) is 3.39. The molecule has 1 fully saturated rings. The maximum absolute atomic E-state index is 11.7. The number of pyridine rings is 1. The lowest BCUT2D eigenvalue weighted by atomic mass is 10.0. The average molecular weight is 437 g/mol. The van der Waals surface area contributed by atoms with E-state index in [1.54, 1.807) is 12.3 Å². The molecule has 1 saturated carbocycles. The Balaban J connectivity index is 1.49. The molecule has 2 aliphatic rings. The number of carboxylic acid groups (broad SMARTS) is 1. The van der Waals surface area contributed by atoms with Crippen molar-refractivity contribution in [2.75, 3.05) is 11.9 Å². The van der Waals surface area contributed by atoms with Crippen molar-refractivity contribution in [1.82, 2.24) is 14.8 Å². The molecule has 4 aromatic rings. The van der Waals surface area contributed by atoms with Crippen molar-refractivity contribution in [1.29, 1.82) is 0 Å². The molecule has 0 atom stereocenters. The van der Waals surface area contributed by atoms with Crippen molar-refractivity contribution in [2.24, 2.45) is 5.92 Å². The van der Waals surface area contributed by atoms with Gasteiger partial charge in [-0.2, -0.15) is 5.10 Å². The van der Waals surface area contributed by atoms with Gasteiger partial charge in [0.1, 0.15) is 0 Å². The number of carbonyl (C=O) groups is 1. The maximum Gasteiger partial charge on any atom is 0.336 e. The fourth-order valence-electron chi connectivity index (χ4n) is 4.77. The molecule has 0 amide bonds. The zero-order valence-corrected chi connectivity index (χ0v) is 18.4. The summed E-state index contributed by atoms with van der Waals surface area (Å²) in [5.74, 6) is -0.245. The first-order valence-corrected chi connectivity index (χ1v) is 11.3. The van der Waals surface area contributed by atoms with Gasteiger partial charge in [-0.1, -0.05) is 30.3 Å². The Labute approximate surface area is 191 Å². The van der Waals surface area contributed by atoms with Gasteiger partial charge in [0.2, 0.25) is 0 Å². The van der Waals surface area contributed by atoms with Crippen LogP contribution in [0.5, 0.6) is 0 Å². The van der Waals surface area contributed by atoms with Gasteiger partial charge in [-0.3, -0.25) is 9.67 Å². The highest BCUT2D eigenvalue weighted by atomic mass is 16.4. The van der Waals surface area contributed by atoms with Crippen LogP contribution in [0.25, 0.3) is 22.6 Å². The van der Waals surface area contributed by atoms with Crippen LogP contribution in [-0.4, -0.2) is 32.9 Å². The second kappa shape index (κ2) is 7.59. The largest absolute Gasteiger partial charge is 0.478 e. The van der Waals surface area contributed by atoms with Crippen molar-refractivity contribution in [3.8, 4) is 0 Å². The molecule has 0 saturated heterocycles. The molecule has 0 radical (unpaired) electrons. The van der Waals surface area contributed by atoms with Gasteiger partial charge in [0.25, 0.3) is 0 Å². The molecule has 6 heteroatoms. The van der Waals surface area contributed by atoms with Gasteiger partial charge < -0.3 is 10.0 Å². The van der Waals surface area contributed by atoms with E-state index in [1.807, 2.05) is 24.3 Å². The van der Waals surface area contributed by atoms with E-state index in [4.69, 9.17) is 5.10 Å². The van der Waals surface area contributed by atoms with Gasteiger partial charge in [-0.25, -0.2) is 4.79 Å². The summed E-state index contributed by atoms with van der Waals surface area (Å²) in [6.45, 7) is 0.898. The average Bonchev–Trinajstić information content (AvgIpc) is 3.42. The monoisotopic (exact) mass is 436 g/mol. The summed E-state index contributed by atoms with van der Waals surface area (Å²) in [5, 5.41) is 15.8. The van der Waals surface area contributed by atoms with Crippen molar-refractivity contribution in [2.45, 2.75) is 25.8 Å². The first-order chi connectivity index (χ1) is 16.1. The van der Waals surface area contributed by atoms with Gasteiger partial charge in [0, 0.05) is 37.3 Å². The number of nitrogens with zero attached hydrogens (tertiary/aromatic N) is 4. The van der Waals surface area contributed by atoms with Crippen LogP contribution in [-0.2, 0) is 13.0 Å². The van der Waals surface area contributed by atoms with E-state index in [2.05, 4.69) is 51.9 Å². The van der Waals surface area contributed by atoms with Crippen LogP contribution in [0.2, 0.25) is 0 Å². The summed E-state index contributed by atoms with van der Waals surface area (Å²) >= 11 is 0. The van der Waals surface area contributed by atoms with E-state index in [0.717, 1.165) is 51.3 Å². The molecular weight excluding hydrogens is 412 g/mol. The lowest BCUT2D eigenvalue weighted by Crippen LogP contribution is -2.12. The summed E-state index contributed by atoms with van der Waals surface area (Å²) in [7, 11) is 2.09. The van der Waals surface area contributed by atoms with Crippen LogP contribution in [0.15, 0.2) is 60.8 Å². The zero-order chi connectivity index (χ0) is 22.5. The summed E-state index contributed by atoms with van der Waals surface area (Å²) in [6, 6.07) is 18.3. The normalized spacial score (nSPS) is 14.9. The number of benzene rings is 2. The Kier molecular flexibility index (Phi) is 4.54. The Bertz CT molecular complexity index is 1420. The van der Waals surface area contributed by atoms with Gasteiger partial charge in [0.05, 0.1) is 28.2 Å². The van der Waals surface area contributed by atoms with E-state index in [0.29, 0.717) is 17.9 Å². The third-order valence-electron chi connectivity index (χ3n) is 6.68. The quantitative estimate of drug-likeness (QED) is 0.438. The second-order valence-corrected chi connectivity index (χ2v) is 8.92. The number of aromatic nitrogens is 3. The highest BCUT2D eigenvalue weighted by Crippen LogP contribution is 2.40. The number of fused-ring (bicyclic) bond motifs is 2. The predicted octanol–water partition coefficient (Wildman–Crippen LogP) is 5.40. The first kappa shape index (κ1) is 19.7. The van der Waals surface area contributed by atoms with Crippen LogP contribution in [0.4, 0.5) is 11.4 Å². The van der Waals surface area contributed by atoms with Gasteiger partial charge in [-0.15, -0.1) is 0 Å². The lowest BCUT2D eigenvalue weighted by molar-refractivity contribution is 0.0695. The number of carboxylic acids is 1. The molecular formula is C27H24N4O2. The van der Waals surface area contributed by atoms with E-state index in [9.17, 15) is 9.90 Å². The molecule has 1 N–H and O–H groups in total. The van der Waals surface area contributed by atoms with Gasteiger partial charge in [0.15, 0.2) is 0 Å². The van der Waals surface area contributed by atoms with Gasteiger partial charge >= 0.3 is 5.97 Å². The number of para-hydroxylation sites is 2. The maximum atomic E-state index is 11.7. The summed E-state index contributed by atoms with van der Waals surface area (Å²) in [6.07, 6.45) is 6.58. The smallest absolute Gasteiger partial charge is 0.336 e. The molecule has 2 aliphatic carbocycles. The standard InChI is InChI=1S/C27H24N4O2/c1-30(19-6-3-2-4-7-19)24-9-5-8-21-25(29-31(26(21)24)16-17-10-11-17)18-14-22-20(27(32)33)12-13-28-23(22)15-18/h2-9,12-13,15,17H,10-11,14,16H2,1H3,(H,32,33). The van der Waals surface area contributed by atoms with E-state index < -0.39 is 5.97 Å². The molecule has 2 heterocycles. The van der Waals surface area contributed by atoms with Crippen molar-refractivity contribution >= 4 is 39.9 Å². The molecule has 6 rings (SSSR count). The number of rotatable bonds is 6. The van der Waals surface area contributed by atoms with Crippen LogP contribution in [0.1, 0.15) is 40.2 Å². The summed E-state index contributed by atoms with van der Waals surface area (Å²) < 4.78 is 2.16. The lowest BCUT2D eigenvalue weighted by Gasteiger charge is -2.21. The second-order valence-electron chi connectivity index (χ2n) is 8.92. The minimum atomic E-state index is -0.917. The van der Waals surface area contributed by atoms with Crippen molar-refractivity contribution in [3.63, 3.8) is 0 Å². The van der Waals surface area contributed by atoms with Crippen molar-refractivity contribution in [3.05, 3.63) is 83.3 Å². The molecule has 2 aromatic heterocycles. The van der Waals surface area contributed by atoms with Crippen LogP contribution >= 0.6 is 0 Å². The Hall–Kier alpha value is -3.93. The molecule has 0 bridgehead atoms. The molecule has 2 aromatic carbocycles. The number of hydrogen-bond donors (Lipinski definition) is 1. The molecule has 33 heavy (non-hydrogen) atoms. The fraction of sp³-hybridized carbons (Fsp3) is 0.222. The van der Waals surface area contributed by atoms with Gasteiger partial charge in [-0.05, 0) is 60.2 Å². The summed E-state index contributed by atoms with van der Waals surface area (Å²) in [4.78, 5) is 18.4. The SMILES string of the molecule is CN(c1ccccc1)c1cccc2c(C3=Cc4nccc(C(=O)O)c4C3)nn(CC3CC3)c12. The molecule has 0 aliphatic heterocycles. The molecule has 0 spiro atoms. The number of anilines is 2. The molecule has 164 valence electrons. The highest BCUT2D eigenvalue weighted by Gasteiger charge is 2.28. The van der Waals surface area contributed by atoms with Crippen LogP contribution < -0.4 is 4.90 Å². The molecule has 6 nitrogen and oxygen atoms in total. The minimum absolute atomic E-state index is 0.317. The summed E-state index contributed by atoms with van der Waals surface area (Å²) in [5.41, 5.74) is 7.10. The first-order valence-electron chi connectivity index (χ1n) is 11.3. The number of aromatic carboxylic acids is 1. The Morgan fingerprint density at radius 3 is 2.70 bits per heavy atom. The van der Waals surface area contributed by atoms with Crippen LogP contribution in [0.3, 0.4) is 0 Å². The Morgan fingerprint density at radius 1 is 1.12 bits per heavy atom. The minimum Gasteiger partial charge on any atom is -0.478 e. The van der Waals surface area contributed by atoms with E-state index >= 15 is 0 Å².